The van der Waals surface area contributed by atoms with Gasteiger partial charge in [-0.2, -0.15) is 0 Å². The number of halogens is 1. The van der Waals surface area contributed by atoms with Gasteiger partial charge in [0.15, 0.2) is 4.80 Å². The Kier molecular flexibility index (Phi) is 8.34. The summed E-state index contributed by atoms with van der Waals surface area (Å²) in [5.41, 5.74) is 2.13. The Morgan fingerprint density at radius 2 is 1.92 bits per heavy atom. The van der Waals surface area contributed by atoms with E-state index in [1.807, 2.05) is 69.3 Å². The molecule has 0 saturated heterocycles. The molecule has 0 fully saturated rings. The highest BCUT2D eigenvalue weighted by atomic mass is 79.9. The number of hydrogen-bond acceptors (Lipinski definition) is 7. The van der Waals surface area contributed by atoms with E-state index in [4.69, 9.17) is 14.2 Å². The summed E-state index contributed by atoms with van der Waals surface area (Å²) >= 11 is 4.82. The molecule has 4 rings (SSSR count). The first-order valence-corrected chi connectivity index (χ1v) is 13.7. The number of nitrogens with zero attached hydrogens (tertiary/aromatic N) is 2. The average Bonchev–Trinajstić information content (AvgIpc) is 3.14. The van der Waals surface area contributed by atoms with Gasteiger partial charge in [-0.1, -0.05) is 35.6 Å². The molecule has 1 atom stereocenters. The van der Waals surface area contributed by atoms with E-state index in [9.17, 15) is 9.59 Å². The Bertz CT molecular complexity index is 1540. The van der Waals surface area contributed by atoms with Crippen molar-refractivity contribution in [3.8, 4) is 11.5 Å². The van der Waals surface area contributed by atoms with E-state index in [-0.39, 0.29) is 18.3 Å². The van der Waals surface area contributed by atoms with Crippen molar-refractivity contribution in [3.05, 3.63) is 89.0 Å². The van der Waals surface area contributed by atoms with Gasteiger partial charge in [0.2, 0.25) is 0 Å². The zero-order valence-electron chi connectivity index (χ0n) is 21.4. The fourth-order valence-corrected chi connectivity index (χ4v) is 5.74. The molecule has 0 amide bonds. The van der Waals surface area contributed by atoms with E-state index in [0.717, 1.165) is 15.8 Å². The standard InChI is InChI=1S/C28H29BrN2O5S/c1-6-34-22-13-12-18(14-20(22)29)15-23-26(32)31-25(19-10-8-9-11-21(19)36-16(3)4)24(27(33)35-7-2)17(5)30-28(31)37-23/h8-16,25H,6-7H2,1-5H3/b23-15+/t25-/m0/s1. The lowest BCUT2D eigenvalue weighted by Gasteiger charge is -2.26. The van der Waals surface area contributed by atoms with Crippen LogP contribution in [0.2, 0.25) is 0 Å². The minimum atomic E-state index is -0.737. The molecule has 0 aliphatic carbocycles. The zero-order valence-corrected chi connectivity index (χ0v) is 23.8. The number of hydrogen-bond donors (Lipinski definition) is 0. The number of fused-ring (bicyclic) bond motifs is 1. The third-order valence-electron chi connectivity index (χ3n) is 5.65. The van der Waals surface area contributed by atoms with Crippen molar-refractivity contribution in [2.24, 2.45) is 4.99 Å². The van der Waals surface area contributed by atoms with Crippen molar-refractivity contribution in [1.82, 2.24) is 4.57 Å². The van der Waals surface area contributed by atoms with Gasteiger partial charge in [-0.25, -0.2) is 9.79 Å². The van der Waals surface area contributed by atoms with Crippen LogP contribution in [0.15, 0.2) is 68.0 Å². The molecule has 0 radical (unpaired) electrons. The molecule has 0 unspecified atom stereocenters. The minimum absolute atomic E-state index is 0.0915. The first-order chi connectivity index (χ1) is 17.7. The molecule has 0 saturated carbocycles. The van der Waals surface area contributed by atoms with Crippen LogP contribution >= 0.6 is 27.3 Å². The van der Waals surface area contributed by atoms with Crippen LogP contribution in [-0.2, 0) is 9.53 Å². The van der Waals surface area contributed by atoms with Crippen LogP contribution in [0.4, 0.5) is 0 Å². The molecule has 9 heteroatoms. The van der Waals surface area contributed by atoms with Crippen molar-refractivity contribution in [3.63, 3.8) is 0 Å². The Morgan fingerprint density at radius 3 is 2.59 bits per heavy atom. The lowest BCUT2D eigenvalue weighted by atomic mass is 9.95. The van der Waals surface area contributed by atoms with Crippen LogP contribution in [0.5, 0.6) is 11.5 Å². The normalized spacial score (nSPS) is 15.4. The van der Waals surface area contributed by atoms with Crippen LogP contribution in [0, 0.1) is 0 Å². The summed E-state index contributed by atoms with van der Waals surface area (Å²) in [7, 11) is 0. The van der Waals surface area contributed by atoms with Gasteiger partial charge in [0.25, 0.3) is 5.56 Å². The van der Waals surface area contributed by atoms with E-state index in [1.54, 1.807) is 18.4 Å². The molecule has 1 aliphatic heterocycles. The van der Waals surface area contributed by atoms with Crippen molar-refractivity contribution in [2.45, 2.75) is 46.8 Å². The Hall–Kier alpha value is -3.17. The molecule has 2 aromatic carbocycles. The minimum Gasteiger partial charge on any atom is -0.493 e. The maximum atomic E-state index is 13.9. The summed E-state index contributed by atoms with van der Waals surface area (Å²) < 4.78 is 19.9. The fourth-order valence-electron chi connectivity index (χ4n) is 4.18. The highest BCUT2D eigenvalue weighted by molar-refractivity contribution is 9.10. The quantitative estimate of drug-likeness (QED) is 0.357. The van der Waals surface area contributed by atoms with Crippen LogP contribution < -0.4 is 24.4 Å². The number of ether oxygens (including phenoxy) is 3. The number of rotatable bonds is 8. The molecular formula is C28H29BrN2O5S. The van der Waals surface area contributed by atoms with Gasteiger partial charge in [-0.15, -0.1) is 0 Å². The number of esters is 1. The number of para-hydroxylation sites is 1. The maximum absolute atomic E-state index is 13.9. The Balaban J connectivity index is 1.93. The van der Waals surface area contributed by atoms with E-state index in [1.165, 1.54) is 11.3 Å². The van der Waals surface area contributed by atoms with Gasteiger partial charge in [0.1, 0.15) is 17.5 Å². The fraction of sp³-hybridized carbons (Fsp3) is 0.321. The van der Waals surface area contributed by atoms with Gasteiger partial charge in [-0.3, -0.25) is 9.36 Å². The lowest BCUT2D eigenvalue weighted by Crippen LogP contribution is -2.40. The SMILES string of the molecule is CCOC(=O)C1=C(C)N=c2s/c(=C/c3ccc(OCC)c(Br)c3)c(=O)n2[C@H]1c1ccccc1OC(C)C. The number of aromatic nitrogens is 1. The smallest absolute Gasteiger partial charge is 0.338 e. The molecule has 1 aliphatic rings. The number of benzene rings is 2. The molecule has 194 valence electrons. The molecule has 1 aromatic heterocycles. The number of thiazole rings is 1. The first kappa shape index (κ1) is 26.9. The summed E-state index contributed by atoms with van der Waals surface area (Å²) in [4.78, 5) is 32.2. The van der Waals surface area contributed by atoms with Gasteiger partial charge in [0.05, 0.1) is 39.6 Å². The highest BCUT2D eigenvalue weighted by Crippen LogP contribution is 2.36. The third-order valence-corrected chi connectivity index (χ3v) is 7.25. The molecule has 0 N–H and O–H groups in total. The van der Waals surface area contributed by atoms with E-state index in [0.29, 0.717) is 38.5 Å². The van der Waals surface area contributed by atoms with Crippen molar-refractivity contribution >= 4 is 39.3 Å². The number of carbonyl (C=O) groups excluding carboxylic acids is 1. The third kappa shape index (κ3) is 5.57. The second-order valence-corrected chi connectivity index (χ2v) is 10.5. The van der Waals surface area contributed by atoms with Crippen LogP contribution in [0.1, 0.15) is 51.8 Å². The second-order valence-electron chi connectivity index (χ2n) is 8.63. The monoisotopic (exact) mass is 584 g/mol. The summed E-state index contributed by atoms with van der Waals surface area (Å²) in [6.45, 7) is 10.1. The predicted molar refractivity (Wildman–Crippen MR) is 148 cm³/mol. The molecule has 0 spiro atoms. The predicted octanol–water partition coefficient (Wildman–Crippen LogP) is 4.75. The van der Waals surface area contributed by atoms with Crippen molar-refractivity contribution < 1.29 is 19.0 Å². The highest BCUT2D eigenvalue weighted by Gasteiger charge is 2.35. The molecule has 3 aromatic rings. The van der Waals surface area contributed by atoms with Crippen LogP contribution in [0.3, 0.4) is 0 Å². The van der Waals surface area contributed by atoms with Crippen molar-refractivity contribution in [2.75, 3.05) is 13.2 Å². The number of carbonyl (C=O) groups is 1. The topological polar surface area (TPSA) is 79.1 Å². The maximum Gasteiger partial charge on any atom is 0.338 e. The summed E-state index contributed by atoms with van der Waals surface area (Å²) in [5.74, 6) is 0.833. The first-order valence-electron chi connectivity index (χ1n) is 12.1. The van der Waals surface area contributed by atoms with Crippen molar-refractivity contribution in [1.29, 1.82) is 0 Å². The van der Waals surface area contributed by atoms with Gasteiger partial charge >= 0.3 is 5.97 Å². The van der Waals surface area contributed by atoms with E-state index in [2.05, 4.69) is 20.9 Å². The van der Waals surface area contributed by atoms with E-state index >= 15 is 0 Å². The average molecular weight is 586 g/mol. The largest absolute Gasteiger partial charge is 0.493 e. The van der Waals surface area contributed by atoms with Gasteiger partial charge in [0, 0.05) is 5.56 Å². The van der Waals surface area contributed by atoms with E-state index < -0.39 is 12.0 Å². The van der Waals surface area contributed by atoms with Gasteiger partial charge in [-0.05, 0) is 80.4 Å². The molecule has 37 heavy (non-hydrogen) atoms. The zero-order chi connectivity index (χ0) is 26.7. The Labute approximate surface area is 227 Å². The second kappa shape index (κ2) is 11.5. The number of allylic oxidation sites excluding steroid dienone is 1. The molecular weight excluding hydrogens is 556 g/mol. The summed E-state index contributed by atoms with van der Waals surface area (Å²) in [6.07, 6.45) is 1.73. The van der Waals surface area contributed by atoms with Gasteiger partial charge < -0.3 is 14.2 Å². The lowest BCUT2D eigenvalue weighted by molar-refractivity contribution is -0.139. The summed E-state index contributed by atoms with van der Waals surface area (Å²) in [6, 6.07) is 12.4. The molecule has 0 bridgehead atoms. The van der Waals surface area contributed by atoms with Crippen LogP contribution in [0.25, 0.3) is 6.08 Å². The molecule has 2 heterocycles. The Morgan fingerprint density at radius 1 is 1.16 bits per heavy atom. The molecule has 7 nitrogen and oxygen atoms in total. The summed E-state index contributed by atoms with van der Waals surface area (Å²) in [5, 5.41) is 0. The van der Waals surface area contributed by atoms with Crippen LogP contribution in [-0.4, -0.2) is 29.9 Å².